The summed E-state index contributed by atoms with van der Waals surface area (Å²) >= 11 is 1.94. The molecule has 0 amide bonds. The molecular formula is C9H15N3S. The SMILES string of the molecule is CC(C)(C)c1nnc2n1CCSC2. The zero-order chi connectivity index (χ0) is 9.47. The van der Waals surface area contributed by atoms with Gasteiger partial charge in [-0.2, -0.15) is 11.8 Å². The number of rotatable bonds is 0. The molecule has 1 aromatic heterocycles. The van der Waals surface area contributed by atoms with E-state index >= 15 is 0 Å². The second-order valence-corrected chi connectivity index (χ2v) is 5.50. The molecule has 0 aliphatic carbocycles. The van der Waals surface area contributed by atoms with E-state index in [0.717, 1.165) is 23.9 Å². The highest BCUT2D eigenvalue weighted by Crippen LogP contribution is 2.25. The lowest BCUT2D eigenvalue weighted by atomic mass is 9.96. The molecule has 4 heteroatoms. The van der Waals surface area contributed by atoms with E-state index in [0.29, 0.717) is 0 Å². The van der Waals surface area contributed by atoms with Gasteiger partial charge in [0.25, 0.3) is 0 Å². The number of fused-ring (bicyclic) bond motifs is 1. The third-order valence-corrected chi connectivity index (χ3v) is 3.12. The van der Waals surface area contributed by atoms with Crippen LogP contribution in [0.4, 0.5) is 0 Å². The van der Waals surface area contributed by atoms with E-state index in [-0.39, 0.29) is 5.41 Å². The van der Waals surface area contributed by atoms with Crippen molar-refractivity contribution in [3.63, 3.8) is 0 Å². The summed E-state index contributed by atoms with van der Waals surface area (Å²) in [5.74, 6) is 4.47. The molecule has 0 aromatic carbocycles. The topological polar surface area (TPSA) is 30.7 Å². The van der Waals surface area contributed by atoms with Gasteiger partial charge < -0.3 is 4.57 Å². The van der Waals surface area contributed by atoms with E-state index in [2.05, 4.69) is 35.5 Å². The maximum Gasteiger partial charge on any atom is 0.143 e. The number of nitrogens with zero attached hydrogens (tertiary/aromatic N) is 3. The highest BCUT2D eigenvalue weighted by atomic mass is 32.2. The zero-order valence-electron chi connectivity index (χ0n) is 8.37. The van der Waals surface area contributed by atoms with Crippen LogP contribution in [0, 0.1) is 0 Å². The zero-order valence-corrected chi connectivity index (χ0v) is 9.19. The first-order valence-electron chi connectivity index (χ1n) is 4.59. The van der Waals surface area contributed by atoms with Crippen LogP contribution in [0.25, 0.3) is 0 Å². The number of aromatic nitrogens is 3. The van der Waals surface area contributed by atoms with Gasteiger partial charge in [0.1, 0.15) is 11.6 Å². The lowest BCUT2D eigenvalue weighted by Crippen LogP contribution is -2.22. The fourth-order valence-corrected chi connectivity index (χ4v) is 2.40. The first-order valence-corrected chi connectivity index (χ1v) is 5.75. The molecule has 0 unspecified atom stereocenters. The van der Waals surface area contributed by atoms with Gasteiger partial charge in [-0.05, 0) is 0 Å². The third-order valence-electron chi connectivity index (χ3n) is 2.19. The molecule has 13 heavy (non-hydrogen) atoms. The van der Waals surface area contributed by atoms with E-state index in [1.165, 1.54) is 5.75 Å². The summed E-state index contributed by atoms with van der Waals surface area (Å²) in [5.41, 5.74) is 0.118. The molecule has 1 aliphatic rings. The third kappa shape index (κ3) is 1.59. The van der Waals surface area contributed by atoms with Crippen LogP contribution in [-0.2, 0) is 17.7 Å². The Balaban J connectivity index is 2.43. The predicted octanol–water partition coefficient (Wildman–Crippen LogP) is 1.82. The summed E-state index contributed by atoms with van der Waals surface area (Å²) in [6.07, 6.45) is 0. The van der Waals surface area contributed by atoms with Crippen molar-refractivity contribution in [2.24, 2.45) is 0 Å². The van der Waals surface area contributed by atoms with E-state index in [4.69, 9.17) is 0 Å². The largest absolute Gasteiger partial charge is 0.313 e. The second kappa shape index (κ2) is 3.01. The molecule has 2 heterocycles. The van der Waals surface area contributed by atoms with Crippen LogP contribution in [0.3, 0.4) is 0 Å². The number of thioether (sulfide) groups is 1. The molecule has 0 saturated heterocycles. The minimum absolute atomic E-state index is 0.118. The van der Waals surface area contributed by atoms with Crippen LogP contribution in [0.1, 0.15) is 32.4 Å². The van der Waals surface area contributed by atoms with Crippen LogP contribution >= 0.6 is 11.8 Å². The Hall–Kier alpha value is -0.510. The molecule has 0 atom stereocenters. The minimum atomic E-state index is 0.118. The van der Waals surface area contributed by atoms with Gasteiger partial charge in [0, 0.05) is 17.7 Å². The van der Waals surface area contributed by atoms with Crippen molar-refractivity contribution >= 4 is 11.8 Å². The van der Waals surface area contributed by atoms with Crippen LogP contribution in [0.5, 0.6) is 0 Å². The van der Waals surface area contributed by atoms with E-state index < -0.39 is 0 Å². The van der Waals surface area contributed by atoms with Gasteiger partial charge in [-0.25, -0.2) is 0 Å². The Bertz CT molecular complexity index is 311. The summed E-state index contributed by atoms with van der Waals surface area (Å²) in [7, 11) is 0. The van der Waals surface area contributed by atoms with Crippen molar-refractivity contribution in [2.45, 2.75) is 38.5 Å². The molecule has 0 N–H and O–H groups in total. The molecular weight excluding hydrogens is 182 g/mol. The molecule has 0 bridgehead atoms. The van der Waals surface area contributed by atoms with E-state index in [9.17, 15) is 0 Å². The van der Waals surface area contributed by atoms with Gasteiger partial charge in [-0.3, -0.25) is 0 Å². The maximum atomic E-state index is 4.27. The molecule has 0 saturated carbocycles. The predicted molar refractivity (Wildman–Crippen MR) is 54.9 cm³/mol. The Kier molecular flexibility index (Phi) is 2.10. The first-order chi connectivity index (χ1) is 6.09. The smallest absolute Gasteiger partial charge is 0.143 e. The second-order valence-electron chi connectivity index (χ2n) is 4.39. The van der Waals surface area contributed by atoms with Crippen LogP contribution in [0.15, 0.2) is 0 Å². The van der Waals surface area contributed by atoms with Crippen LogP contribution in [0.2, 0.25) is 0 Å². The van der Waals surface area contributed by atoms with Gasteiger partial charge in [-0.15, -0.1) is 10.2 Å². The molecule has 0 fully saturated rings. The van der Waals surface area contributed by atoms with Crippen molar-refractivity contribution in [1.29, 1.82) is 0 Å². The van der Waals surface area contributed by atoms with Crippen LogP contribution < -0.4 is 0 Å². The number of hydrogen-bond donors (Lipinski definition) is 0. The highest BCUT2D eigenvalue weighted by Gasteiger charge is 2.24. The minimum Gasteiger partial charge on any atom is -0.313 e. The quantitative estimate of drug-likeness (QED) is 0.635. The molecule has 0 radical (unpaired) electrons. The van der Waals surface area contributed by atoms with Crippen molar-refractivity contribution in [3.05, 3.63) is 11.6 Å². The Labute approximate surface area is 82.9 Å². The van der Waals surface area contributed by atoms with Gasteiger partial charge in [0.05, 0.1) is 5.75 Å². The lowest BCUT2D eigenvalue weighted by molar-refractivity contribution is 0.501. The van der Waals surface area contributed by atoms with Crippen molar-refractivity contribution in [1.82, 2.24) is 14.8 Å². The summed E-state index contributed by atoms with van der Waals surface area (Å²) < 4.78 is 2.27. The highest BCUT2D eigenvalue weighted by molar-refractivity contribution is 7.98. The average Bonchev–Trinajstić information content (AvgIpc) is 2.45. The van der Waals surface area contributed by atoms with E-state index in [1.807, 2.05) is 11.8 Å². The van der Waals surface area contributed by atoms with Crippen molar-refractivity contribution in [3.8, 4) is 0 Å². The Morgan fingerprint density at radius 1 is 1.31 bits per heavy atom. The monoisotopic (exact) mass is 197 g/mol. The summed E-state index contributed by atoms with van der Waals surface area (Å²) in [6, 6.07) is 0. The Morgan fingerprint density at radius 3 is 2.77 bits per heavy atom. The van der Waals surface area contributed by atoms with Crippen LogP contribution in [-0.4, -0.2) is 20.5 Å². The van der Waals surface area contributed by atoms with E-state index in [1.54, 1.807) is 0 Å². The molecule has 72 valence electrons. The summed E-state index contributed by atoms with van der Waals surface area (Å²) in [4.78, 5) is 0. The maximum absolute atomic E-state index is 4.27. The molecule has 3 nitrogen and oxygen atoms in total. The van der Waals surface area contributed by atoms with Gasteiger partial charge >= 0.3 is 0 Å². The lowest BCUT2D eigenvalue weighted by Gasteiger charge is -2.21. The summed E-state index contributed by atoms with van der Waals surface area (Å²) in [6.45, 7) is 7.63. The first kappa shape index (κ1) is 9.06. The molecule has 1 aliphatic heterocycles. The fraction of sp³-hybridized carbons (Fsp3) is 0.778. The fourth-order valence-electron chi connectivity index (χ4n) is 1.55. The molecule has 2 rings (SSSR count). The standard InChI is InChI=1S/C9H15N3S/c1-9(2,3)8-11-10-7-6-13-5-4-12(7)8/h4-6H2,1-3H3. The Morgan fingerprint density at radius 2 is 2.08 bits per heavy atom. The summed E-state index contributed by atoms with van der Waals surface area (Å²) in [5, 5.41) is 8.48. The van der Waals surface area contributed by atoms with Gasteiger partial charge in [0.15, 0.2) is 0 Å². The number of hydrogen-bond acceptors (Lipinski definition) is 3. The van der Waals surface area contributed by atoms with Gasteiger partial charge in [0.2, 0.25) is 0 Å². The molecule has 1 aromatic rings. The van der Waals surface area contributed by atoms with Gasteiger partial charge in [-0.1, -0.05) is 20.8 Å². The normalized spacial score (nSPS) is 17.2. The average molecular weight is 197 g/mol. The van der Waals surface area contributed by atoms with Crippen molar-refractivity contribution < 1.29 is 0 Å². The molecule has 0 spiro atoms. The van der Waals surface area contributed by atoms with Crippen molar-refractivity contribution in [2.75, 3.05) is 5.75 Å².